The minimum atomic E-state index is -4.92. The summed E-state index contributed by atoms with van der Waals surface area (Å²) >= 11 is 0. The highest BCUT2D eigenvalue weighted by atomic mass is 35.5. The van der Waals surface area contributed by atoms with E-state index >= 15 is 0 Å². The zero-order chi connectivity index (χ0) is 20.2. The van der Waals surface area contributed by atoms with Crippen LogP contribution in [0.1, 0.15) is 47.6 Å². The largest absolute Gasteiger partial charge is 0.426 e. The zero-order valence-corrected chi connectivity index (χ0v) is 17.4. The summed E-state index contributed by atoms with van der Waals surface area (Å²) < 4.78 is 54.1. The molecule has 2 aromatic carbocycles. The van der Waals surface area contributed by atoms with Crippen molar-refractivity contribution in [3.63, 3.8) is 0 Å². The van der Waals surface area contributed by atoms with Crippen LogP contribution in [0.3, 0.4) is 0 Å². The van der Waals surface area contributed by atoms with Crippen LogP contribution < -0.4 is 5.32 Å². The summed E-state index contributed by atoms with van der Waals surface area (Å²) in [5.41, 5.74) is 0.586. The third-order valence-corrected chi connectivity index (χ3v) is 6.65. The number of hydrogen-bond acceptors (Lipinski definition) is 1. The van der Waals surface area contributed by atoms with Gasteiger partial charge in [-0.25, -0.2) is 4.39 Å². The summed E-state index contributed by atoms with van der Waals surface area (Å²) in [5.74, 6) is 0. The Bertz CT molecular complexity index is 893. The van der Waals surface area contributed by atoms with Crippen molar-refractivity contribution in [2.75, 3.05) is 6.54 Å². The minimum Gasteiger partial charge on any atom is -0.313 e. The van der Waals surface area contributed by atoms with Crippen molar-refractivity contribution in [1.82, 2.24) is 5.32 Å². The van der Waals surface area contributed by atoms with Crippen molar-refractivity contribution in [3.8, 4) is 0 Å². The van der Waals surface area contributed by atoms with Crippen LogP contribution in [0.5, 0.6) is 0 Å². The summed E-state index contributed by atoms with van der Waals surface area (Å²) in [4.78, 5) is 0. The molecule has 1 N–H and O–H groups in total. The van der Waals surface area contributed by atoms with E-state index in [0.717, 1.165) is 36.9 Å². The van der Waals surface area contributed by atoms with Crippen LogP contribution in [0.2, 0.25) is 0 Å². The molecule has 3 atom stereocenters. The molecule has 0 radical (unpaired) electrons. The summed E-state index contributed by atoms with van der Waals surface area (Å²) in [7, 11) is 0. The van der Waals surface area contributed by atoms with Gasteiger partial charge in [-0.2, -0.15) is 13.2 Å². The van der Waals surface area contributed by atoms with Gasteiger partial charge in [0, 0.05) is 11.5 Å². The quantitative estimate of drug-likeness (QED) is 0.596. The first-order valence-electron chi connectivity index (χ1n) is 9.82. The van der Waals surface area contributed by atoms with Crippen molar-refractivity contribution in [2.24, 2.45) is 0 Å². The normalized spacial score (nSPS) is 25.5. The highest BCUT2D eigenvalue weighted by molar-refractivity contribution is 5.85. The standard InChI is InChI=1S/C23H25F4N.ClH/c1-15-4-3-5-16(12-15)14-22-10-11-28-20(22)9-6-17-13-18(7-8-19(17)22)21(2,24)23(25,26)27;/h3-5,7-8,12-13,20,28H,6,9-11,14H2,1-2H3;1H. The second-order valence-electron chi connectivity index (χ2n) is 8.49. The smallest absolute Gasteiger partial charge is 0.313 e. The fourth-order valence-electron chi connectivity index (χ4n) is 5.07. The molecular formula is C23H26ClF4N. The first-order valence-corrected chi connectivity index (χ1v) is 9.82. The van der Waals surface area contributed by atoms with Crippen LogP contribution in [-0.4, -0.2) is 18.8 Å². The second kappa shape index (κ2) is 7.59. The van der Waals surface area contributed by atoms with E-state index in [1.54, 1.807) is 6.07 Å². The molecule has 3 unspecified atom stereocenters. The molecular weight excluding hydrogens is 402 g/mol. The summed E-state index contributed by atoms with van der Waals surface area (Å²) in [6.45, 7) is 3.56. The van der Waals surface area contributed by atoms with Crippen LogP contribution in [-0.2, 0) is 23.9 Å². The number of halogens is 5. The predicted molar refractivity (Wildman–Crippen MR) is 109 cm³/mol. The van der Waals surface area contributed by atoms with Crippen molar-refractivity contribution in [2.45, 2.75) is 62.8 Å². The van der Waals surface area contributed by atoms with Crippen molar-refractivity contribution in [1.29, 1.82) is 0 Å². The number of aryl methyl sites for hydroxylation is 2. The third-order valence-electron chi connectivity index (χ3n) is 6.65. The van der Waals surface area contributed by atoms with E-state index in [1.807, 2.05) is 6.07 Å². The summed E-state index contributed by atoms with van der Waals surface area (Å²) in [6, 6.07) is 13.2. The van der Waals surface area contributed by atoms with Gasteiger partial charge in [-0.15, -0.1) is 12.4 Å². The number of hydrogen-bond donors (Lipinski definition) is 1. The lowest BCUT2D eigenvalue weighted by molar-refractivity contribution is -0.228. The first-order chi connectivity index (χ1) is 13.1. The number of fused-ring (bicyclic) bond motifs is 3. The van der Waals surface area contributed by atoms with Crippen LogP contribution >= 0.6 is 12.4 Å². The lowest BCUT2D eigenvalue weighted by Crippen LogP contribution is -2.46. The number of rotatable bonds is 3. The average Bonchev–Trinajstić information content (AvgIpc) is 3.04. The number of alkyl halides is 4. The highest BCUT2D eigenvalue weighted by Crippen LogP contribution is 2.48. The Balaban J connectivity index is 0.00000240. The second-order valence-corrected chi connectivity index (χ2v) is 8.49. The first kappa shape index (κ1) is 22.1. The maximum atomic E-state index is 14.5. The van der Waals surface area contributed by atoms with Gasteiger partial charge in [-0.3, -0.25) is 0 Å². The average molecular weight is 428 g/mol. The maximum Gasteiger partial charge on any atom is 0.426 e. The molecule has 0 bridgehead atoms. The molecule has 2 aromatic rings. The number of nitrogens with one attached hydrogen (secondary N) is 1. The molecule has 1 saturated heterocycles. The molecule has 29 heavy (non-hydrogen) atoms. The van der Waals surface area contributed by atoms with E-state index in [9.17, 15) is 17.6 Å². The SMILES string of the molecule is Cc1cccc(CC23CCNC2CCc2cc(C(C)(F)C(F)(F)F)ccc23)c1.Cl. The Morgan fingerprint density at radius 3 is 2.55 bits per heavy atom. The molecule has 2 aliphatic rings. The van der Waals surface area contributed by atoms with E-state index in [-0.39, 0.29) is 23.4 Å². The Morgan fingerprint density at radius 2 is 1.86 bits per heavy atom. The van der Waals surface area contributed by atoms with E-state index in [4.69, 9.17) is 0 Å². The van der Waals surface area contributed by atoms with Gasteiger partial charge in [-0.05, 0) is 68.3 Å². The van der Waals surface area contributed by atoms with Crippen molar-refractivity contribution < 1.29 is 17.6 Å². The monoisotopic (exact) mass is 427 g/mol. The molecule has 4 rings (SSSR count). The molecule has 1 nitrogen and oxygen atoms in total. The van der Waals surface area contributed by atoms with Gasteiger partial charge >= 0.3 is 6.18 Å². The van der Waals surface area contributed by atoms with E-state index in [2.05, 4.69) is 30.4 Å². The van der Waals surface area contributed by atoms with Gasteiger partial charge in [-0.1, -0.05) is 48.0 Å². The molecule has 1 aliphatic heterocycles. The van der Waals surface area contributed by atoms with Gasteiger partial charge in [0.2, 0.25) is 5.67 Å². The fraction of sp³-hybridized carbons (Fsp3) is 0.478. The topological polar surface area (TPSA) is 12.0 Å². The Labute approximate surface area is 175 Å². The van der Waals surface area contributed by atoms with Gasteiger partial charge in [0.25, 0.3) is 0 Å². The molecule has 0 saturated carbocycles. The molecule has 1 heterocycles. The Morgan fingerprint density at radius 1 is 1.10 bits per heavy atom. The van der Waals surface area contributed by atoms with Crippen molar-refractivity contribution in [3.05, 3.63) is 70.3 Å². The van der Waals surface area contributed by atoms with Gasteiger partial charge in [0.05, 0.1) is 0 Å². The van der Waals surface area contributed by atoms with Crippen LogP contribution in [0.25, 0.3) is 0 Å². The summed E-state index contributed by atoms with van der Waals surface area (Å²) in [5, 5.41) is 3.59. The van der Waals surface area contributed by atoms with Crippen LogP contribution in [0, 0.1) is 6.92 Å². The molecule has 158 valence electrons. The van der Waals surface area contributed by atoms with Gasteiger partial charge in [0.1, 0.15) is 0 Å². The third kappa shape index (κ3) is 3.68. The molecule has 1 fully saturated rings. The van der Waals surface area contributed by atoms with Crippen LogP contribution in [0.15, 0.2) is 42.5 Å². The summed E-state index contributed by atoms with van der Waals surface area (Å²) in [6.07, 6.45) is -1.62. The van der Waals surface area contributed by atoms with Gasteiger partial charge in [0.15, 0.2) is 0 Å². The zero-order valence-electron chi connectivity index (χ0n) is 16.6. The van der Waals surface area contributed by atoms with Gasteiger partial charge < -0.3 is 5.32 Å². The predicted octanol–water partition coefficient (Wildman–Crippen LogP) is 5.95. The van der Waals surface area contributed by atoms with E-state index < -0.39 is 11.8 Å². The maximum absolute atomic E-state index is 14.5. The lowest BCUT2D eigenvalue weighted by atomic mass is 9.63. The molecule has 0 spiro atoms. The highest BCUT2D eigenvalue weighted by Gasteiger charge is 2.54. The molecule has 1 aliphatic carbocycles. The van der Waals surface area contributed by atoms with Crippen LogP contribution in [0.4, 0.5) is 17.6 Å². The fourth-order valence-corrected chi connectivity index (χ4v) is 5.07. The Kier molecular flexibility index (Phi) is 5.78. The van der Waals surface area contributed by atoms with E-state index in [1.165, 1.54) is 23.3 Å². The molecule has 6 heteroatoms. The van der Waals surface area contributed by atoms with Crippen molar-refractivity contribution >= 4 is 12.4 Å². The lowest BCUT2D eigenvalue weighted by Gasteiger charge is -2.42. The Hall–Kier alpha value is -1.59. The van der Waals surface area contributed by atoms with E-state index in [0.29, 0.717) is 19.4 Å². The minimum absolute atomic E-state index is 0. The molecule has 0 aromatic heterocycles. The molecule has 0 amide bonds. The number of benzene rings is 2.